The van der Waals surface area contributed by atoms with Crippen LogP contribution >= 0.6 is 23.4 Å². The first-order valence-corrected chi connectivity index (χ1v) is 8.09. The van der Waals surface area contributed by atoms with Crippen molar-refractivity contribution < 1.29 is 14.3 Å². The summed E-state index contributed by atoms with van der Waals surface area (Å²) in [7, 11) is 0. The number of rotatable bonds is 4. The van der Waals surface area contributed by atoms with Crippen LogP contribution in [0.4, 0.5) is 4.79 Å². The van der Waals surface area contributed by atoms with Crippen molar-refractivity contribution in [3.8, 4) is 0 Å². The highest BCUT2D eigenvalue weighted by Gasteiger charge is 2.33. The van der Waals surface area contributed by atoms with Crippen molar-refractivity contribution in [2.75, 3.05) is 6.61 Å². The summed E-state index contributed by atoms with van der Waals surface area (Å²) >= 11 is 7.26. The van der Waals surface area contributed by atoms with E-state index in [1.165, 1.54) is 11.8 Å². The van der Waals surface area contributed by atoms with E-state index in [4.69, 9.17) is 16.3 Å². The molecule has 0 saturated carbocycles. The molecule has 1 aliphatic rings. The molecule has 1 atom stereocenters. The molecular weight excluding hydrogens is 324 g/mol. The van der Waals surface area contributed by atoms with Crippen molar-refractivity contribution in [2.45, 2.75) is 19.6 Å². The summed E-state index contributed by atoms with van der Waals surface area (Å²) in [5.41, 5.74) is 1.39. The van der Waals surface area contributed by atoms with Gasteiger partial charge in [0, 0.05) is 16.5 Å². The third-order valence-corrected chi connectivity index (χ3v) is 4.28. The highest BCUT2D eigenvalue weighted by atomic mass is 35.5. The van der Waals surface area contributed by atoms with Crippen LogP contribution in [0.25, 0.3) is 0 Å². The van der Waals surface area contributed by atoms with E-state index < -0.39 is 17.9 Å². The molecule has 5 nitrogen and oxygen atoms in total. The van der Waals surface area contributed by atoms with Crippen molar-refractivity contribution >= 4 is 46.1 Å². The molecule has 1 aromatic carbocycles. The van der Waals surface area contributed by atoms with Gasteiger partial charge in [-0.2, -0.15) is 9.98 Å². The first-order chi connectivity index (χ1) is 10.5. The van der Waals surface area contributed by atoms with E-state index in [1.54, 1.807) is 19.9 Å². The van der Waals surface area contributed by atoms with E-state index >= 15 is 0 Å². The molecule has 0 aliphatic carbocycles. The number of hydrogen-bond acceptors (Lipinski definition) is 4. The second kappa shape index (κ2) is 7.56. The summed E-state index contributed by atoms with van der Waals surface area (Å²) < 4.78 is 5.04. The molecule has 0 spiro atoms. The Balaban J connectivity index is 2.15. The number of thioether (sulfide) groups is 1. The van der Waals surface area contributed by atoms with Gasteiger partial charge in [0.05, 0.1) is 11.7 Å². The maximum atomic E-state index is 12.1. The van der Waals surface area contributed by atoms with Gasteiger partial charge in [0.1, 0.15) is 5.92 Å². The predicted molar refractivity (Wildman–Crippen MR) is 88.8 cm³/mol. The molecule has 2 amide bonds. The Morgan fingerprint density at radius 1 is 1.41 bits per heavy atom. The summed E-state index contributed by atoms with van der Waals surface area (Å²) in [5, 5.41) is 1.05. The second-order valence-corrected chi connectivity index (χ2v) is 6.02. The zero-order valence-corrected chi connectivity index (χ0v) is 13.8. The Bertz CT molecular complexity index is 658. The lowest BCUT2D eigenvalue weighted by molar-refractivity contribution is -0.143. The summed E-state index contributed by atoms with van der Waals surface area (Å²) in [5.74, 6) is -0.592. The SMILES string of the molecule is CCOC(=O)C1C(C)=NC(=O)N=C1SCc1cccc(Cl)c1. The lowest BCUT2D eigenvalue weighted by Gasteiger charge is -2.19. The number of amides is 2. The van der Waals surface area contributed by atoms with Gasteiger partial charge in [-0.05, 0) is 31.5 Å². The number of aliphatic imine (C=N–C) groups is 2. The zero-order chi connectivity index (χ0) is 16.1. The highest BCUT2D eigenvalue weighted by molar-refractivity contribution is 8.13. The second-order valence-electron chi connectivity index (χ2n) is 4.59. The summed E-state index contributed by atoms with van der Waals surface area (Å²) in [4.78, 5) is 31.2. The van der Waals surface area contributed by atoms with Gasteiger partial charge in [-0.15, -0.1) is 11.8 Å². The number of carbonyl (C=O) groups excluding carboxylic acids is 2. The zero-order valence-electron chi connectivity index (χ0n) is 12.2. The molecule has 22 heavy (non-hydrogen) atoms. The fraction of sp³-hybridized carbons (Fsp3) is 0.333. The molecule has 0 bridgehead atoms. The topological polar surface area (TPSA) is 68.1 Å². The first-order valence-electron chi connectivity index (χ1n) is 6.73. The number of nitrogens with zero attached hydrogens (tertiary/aromatic N) is 2. The largest absolute Gasteiger partial charge is 0.465 e. The molecular formula is C15H15ClN2O3S. The van der Waals surface area contributed by atoms with E-state index in [-0.39, 0.29) is 6.61 Å². The molecule has 1 aliphatic heterocycles. The van der Waals surface area contributed by atoms with Gasteiger partial charge in [0.15, 0.2) is 0 Å². The number of halogens is 1. The van der Waals surface area contributed by atoms with Gasteiger partial charge in [0.2, 0.25) is 0 Å². The minimum atomic E-state index is -0.707. The fourth-order valence-corrected chi connectivity index (χ4v) is 3.26. The molecule has 2 rings (SSSR count). The van der Waals surface area contributed by atoms with Crippen LogP contribution in [-0.2, 0) is 15.3 Å². The first kappa shape index (κ1) is 16.7. The Morgan fingerprint density at radius 3 is 2.86 bits per heavy atom. The molecule has 1 heterocycles. The van der Waals surface area contributed by atoms with Gasteiger partial charge in [-0.3, -0.25) is 4.79 Å². The normalized spacial score (nSPS) is 17.8. The van der Waals surface area contributed by atoms with Gasteiger partial charge in [-0.25, -0.2) is 4.79 Å². The molecule has 116 valence electrons. The third kappa shape index (κ3) is 4.18. The van der Waals surface area contributed by atoms with Gasteiger partial charge in [0.25, 0.3) is 0 Å². The summed E-state index contributed by atoms with van der Waals surface area (Å²) in [6.07, 6.45) is 0. The Labute approximate surface area is 137 Å². The van der Waals surface area contributed by atoms with Crippen LogP contribution < -0.4 is 0 Å². The summed E-state index contributed by atoms with van der Waals surface area (Å²) in [6.45, 7) is 3.63. The molecule has 1 unspecified atom stereocenters. The standard InChI is InChI=1S/C15H15ClN2O3S/c1-3-21-14(19)12-9(2)17-15(20)18-13(12)22-8-10-5-4-6-11(16)7-10/h4-7,12H,3,8H2,1-2H3. The van der Waals surface area contributed by atoms with Crippen LogP contribution in [-0.4, -0.2) is 29.4 Å². The van der Waals surface area contributed by atoms with Crippen molar-refractivity contribution in [3.63, 3.8) is 0 Å². The van der Waals surface area contributed by atoms with E-state index in [9.17, 15) is 9.59 Å². The average molecular weight is 339 g/mol. The highest BCUT2D eigenvalue weighted by Crippen LogP contribution is 2.25. The average Bonchev–Trinajstić information content (AvgIpc) is 2.44. The monoisotopic (exact) mass is 338 g/mol. The van der Waals surface area contributed by atoms with Gasteiger partial charge < -0.3 is 4.74 Å². The van der Waals surface area contributed by atoms with Gasteiger partial charge in [-0.1, -0.05) is 23.7 Å². The lowest BCUT2D eigenvalue weighted by Crippen LogP contribution is -2.34. The van der Waals surface area contributed by atoms with Crippen molar-refractivity contribution in [1.29, 1.82) is 0 Å². The quantitative estimate of drug-likeness (QED) is 0.784. The van der Waals surface area contributed by atoms with Crippen molar-refractivity contribution in [2.24, 2.45) is 15.9 Å². The van der Waals surface area contributed by atoms with Crippen LogP contribution in [0, 0.1) is 5.92 Å². The van der Waals surface area contributed by atoms with Crippen LogP contribution in [0.3, 0.4) is 0 Å². The minimum absolute atomic E-state index is 0.267. The van der Waals surface area contributed by atoms with E-state index in [1.807, 2.05) is 18.2 Å². The number of hydrogen-bond donors (Lipinski definition) is 0. The molecule has 0 aromatic heterocycles. The summed E-state index contributed by atoms with van der Waals surface area (Å²) in [6, 6.07) is 6.80. The van der Waals surface area contributed by atoms with E-state index in [0.29, 0.717) is 21.5 Å². The number of ether oxygens (including phenoxy) is 1. The Hall–Kier alpha value is -1.66. The van der Waals surface area contributed by atoms with Crippen LogP contribution in [0.2, 0.25) is 5.02 Å². The Morgan fingerprint density at radius 2 is 2.18 bits per heavy atom. The maximum Gasteiger partial charge on any atom is 0.367 e. The Kier molecular flexibility index (Phi) is 5.74. The van der Waals surface area contributed by atoms with Crippen molar-refractivity contribution in [3.05, 3.63) is 34.9 Å². The molecule has 0 radical (unpaired) electrons. The number of urea groups is 1. The molecule has 7 heteroatoms. The molecule has 1 aromatic rings. The van der Waals surface area contributed by atoms with Gasteiger partial charge >= 0.3 is 12.0 Å². The maximum absolute atomic E-state index is 12.1. The van der Waals surface area contributed by atoms with E-state index in [2.05, 4.69) is 9.98 Å². The molecule has 0 fully saturated rings. The molecule has 0 saturated heterocycles. The van der Waals surface area contributed by atoms with Crippen molar-refractivity contribution in [1.82, 2.24) is 0 Å². The number of carbonyl (C=O) groups is 2. The van der Waals surface area contributed by atoms with E-state index in [0.717, 1.165) is 5.56 Å². The lowest BCUT2D eigenvalue weighted by atomic mass is 10.1. The van der Waals surface area contributed by atoms with Crippen LogP contribution in [0.1, 0.15) is 19.4 Å². The van der Waals surface area contributed by atoms with Crippen LogP contribution in [0.15, 0.2) is 34.3 Å². The third-order valence-electron chi connectivity index (χ3n) is 2.94. The molecule has 0 N–H and O–H groups in total. The fourth-order valence-electron chi connectivity index (χ4n) is 1.97. The van der Waals surface area contributed by atoms with Crippen LogP contribution in [0.5, 0.6) is 0 Å². The number of esters is 1. The predicted octanol–water partition coefficient (Wildman–Crippen LogP) is 3.75. The minimum Gasteiger partial charge on any atom is -0.465 e. The number of benzene rings is 1. The smallest absolute Gasteiger partial charge is 0.367 e.